The Kier molecular flexibility index (Phi) is 7.47. The molecule has 156 valence electrons. The monoisotopic (exact) mass is 482 g/mol. The minimum absolute atomic E-state index is 0.597. The zero-order valence-corrected chi connectivity index (χ0v) is 20.6. The number of hydrogen-bond donors (Lipinski definition) is 0. The summed E-state index contributed by atoms with van der Waals surface area (Å²) in [6.07, 6.45) is 0. The summed E-state index contributed by atoms with van der Waals surface area (Å²) in [5, 5.41) is 5.38. The Hall–Kier alpha value is -1.68. The summed E-state index contributed by atoms with van der Waals surface area (Å²) in [4.78, 5) is 0. The Morgan fingerprint density at radius 3 is 0.806 bits per heavy atom. The van der Waals surface area contributed by atoms with Crippen molar-refractivity contribution in [1.29, 1.82) is 0 Å². The van der Waals surface area contributed by atoms with Crippen molar-refractivity contribution >= 4 is 58.9 Å². The van der Waals surface area contributed by atoms with E-state index in [0.717, 1.165) is 5.90 Å². The second-order valence-electron chi connectivity index (χ2n) is 7.66. The maximum Gasteiger partial charge on any atom is 0.181 e. The third-order valence-electron chi connectivity index (χ3n) is 5.89. The average Bonchev–Trinajstić information content (AvgIpc) is 2.87. The number of alkyl halides is 2. The molecule has 0 atom stereocenters. The first-order valence-corrected chi connectivity index (χ1v) is 15.7. The van der Waals surface area contributed by atoms with Gasteiger partial charge in [0, 0.05) is 0 Å². The first kappa shape index (κ1) is 22.5. The fraction of sp³-hybridized carbons (Fsp3) is 0.111. The molecule has 0 aromatic heterocycles. The molecule has 0 amide bonds. The molecule has 0 saturated carbocycles. The van der Waals surface area contributed by atoms with E-state index in [1.807, 2.05) is 0 Å². The van der Waals surface area contributed by atoms with E-state index < -0.39 is 14.5 Å². The SMILES string of the molecule is ClC[P+](C[P+](CCl)(c1ccccc1)c1ccccc1)(c1ccccc1)c1ccccc1. The average molecular weight is 483 g/mol. The molecule has 0 aliphatic carbocycles. The van der Waals surface area contributed by atoms with Gasteiger partial charge in [-0.3, -0.25) is 0 Å². The minimum Gasteiger partial charge on any atom is -0.0810 e. The molecule has 0 nitrogen and oxygen atoms in total. The van der Waals surface area contributed by atoms with Gasteiger partial charge in [0.1, 0.15) is 47.0 Å². The number of hydrogen-bond acceptors (Lipinski definition) is 0. The minimum atomic E-state index is -1.92. The molecule has 4 rings (SSSR count). The normalized spacial score (nSPS) is 11.9. The fourth-order valence-corrected chi connectivity index (χ4v) is 17.9. The molecule has 0 radical (unpaired) electrons. The molecule has 0 bridgehead atoms. The lowest BCUT2D eigenvalue weighted by molar-refractivity contribution is 1.68. The molecule has 31 heavy (non-hydrogen) atoms. The standard InChI is InChI=1S/C27H26Cl2P2/c28-21-30(24-13-5-1-6-14-24,25-15-7-2-8-16-25)23-31(22-29,26-17-9-3-10-18-26)27-19-11-4-12-20-27/h1-20H,21-23H2/q+2. The highest BCUT2D eigenvalue weighted by atomic mass is 35.5. The van der Waals surface area contributed by atoms with Gasteiger partial charge < -0.3 is 0 Å². The molecule has 0 fully saturated rings. The summed E-state index contributed by atoms with van der Waals surface area (Å²) in [6.45, 7) is 0. The van der Waals surface area contributed by atoms with Crippen LogP contribution in [0.5, 0.6) is 0 Å². The summed E-state index contributed by atoms with van der Waals surface area (Å²) in [7, 11) is -3.84. The van der Waals surface area contributed by atoms with E-state index in [4.69, 9.17) is 23.2 Å². The molecule has 4 heteroatoms. The zero-order chi connectivity index (χ0) is 21.6. The van der Waals surface area contributed by atoms with E-state index in [1.54, 1.807) is 0 Å². The van der Waals surface area contributed by atoms with Gasteiger partial charge in [0.05, 0.1) is 0 Å². The zero-order valence-electron chi connectivity index (χ0n) is 17.3. The topological polar surface area (TPSA) is 0 Å². The maximum absolute atomic E-state index is 6.96. The van der Waals surface area contributed by atoms with Gasteiger partial charge in [-0.05, 0) is 48.5 Å². The van der Waals surface area contributed by atoms with Crippen LogP contribution in [0.2, 0.25) is 0 Å². The van der Waals surface area contributed by atoms with Gasteiger partial charge in [-0.15, -0.1) is 0 Å². The predicted octanol–water partition coefficient (Wildman–Crippen LogP) is 6.67. The van der Waals surface area contributed by atoms with Gasteiger partial charge in [-0.2, -0.15) is 0 Å². The largest absolute Gasteiger partial charge is 0.181 e. The summed E-state index contributed by atoms with van der Waals surface area (Å²) in [5.74, 6) is 0.981. The number of benzene rings is 4. The van der Waals surface area contributed by atoms with Crippen molar-refractivity contribution in [2.24, 2.45) is 0 Å². The summed E-state index contributed by atoms with van der Waals surface area (Å²) in [6, 6.07) is 43.4. The van der Waals surface area contributed by atoms with Crippen molar-refractivity contribution in [3.8, 4) is 0 Å². The summed E-state index contributed by atoms with van der Waals surface area (Å²) in [5.41, 5.74) is 1.19. The number of rotatable bonds is 8. The van der Waals surface area contributed by atoms with Crippen LogP contribution in [0.25, 0.3) is 0 Å². The highest BCUT2D eigenvalue weighted by Gasteiger charge is 2.56. The van der Waals surface area contributed by atoms with Crippen molar-refractivity contribution in [3.63, 3.8) is 0 Å². The van der Waals surface area contributed by atoms with Crippen molar-refractivity contribution in [2.75, 3.05) is 17.1 Å². The van der Waals surface area contributed by atoms with Gasteiger partial charge in [0.25, 0.3) is 0 Å². The summed E-state index contributed by atoms with van der Waals surface area (Å²) >= 11 is 13.9. The van der Waals surface area contributed by atoms with Crippen LogP contribution in [0.15, 0.2) is 121 Å². The van der Waals surface area contributed by atoms with E-state index in [9.17, 15) is 0 Å². The van der Waals surface area contributed by atoms with Gasteiger partial charge in [-0.25, -0.2) is 0 Å². The third-order valence-corrected chi connectivity index (χ3v) is 18.2. The molecule has 0 aliphatic rings. The lowest BCUT2D eigenvalue weighted by Gasteiger charge is -2.32. The molecule has 0 aliphatic heterocycles. The third kappa shape index (κ3) is 4.46. The molecule has 0 unspecified atom stereocenters. The van der Waals surface area contributed by atoms with E-state index in [0.29, 0.717) is 11.2 Å². The summed E-state index contributed by atoms with van der Waals surface area (Å²) < 4.78 is 0. The van der Waals surface area contributed by atoms with Gasteiger partial charge in [0.15, 0.2) is 5.90 Å². The molecule has 0 saturated heterocycles. The van der Waals surface area contributed by atoms with Crippen LogP contribution in [0.4, 0.5) is 0 Å². The van der Waals surface area contributed by atoms with E-state index in [2.05, 4.69) is 121 Å². The van der Waals surface area contributed by atoms with Gasteiger partial charge >= 0.3 is 0 Å². The lowest BCUT2D eigenvalue weighted by Crippen LogP contribution is -2.33. The maximum atomic E-state index is 6.96. The lowest BCUT2D eigenvalue weighted by atomic mass is 10.4. The van der Waals surface area contributed by atoms with Crippen LogP contribution in [-0.4, -0.2) is 17.1 Å². The van der Waals surface area contributed by atoms with Gasteiger partial charge in [0.2, 0.25) is 0 Å². The first-order chi connectivity index (χ1) is 15.2. The molecule has 4 aromatic rings. The molecule has 0 N–H and O–H groups in total. The van der Waals surface area contributed by atoms with Crippen LogP contribution in [0, 0.1) is 0 Å². The molecular weight excluding hydrogens is 457 g/mol. The smallest absolute Gasteiger partial charge is 0.0810 e. The Labute approximate surface area is 196 Å². The highest BCUT2D eigenvalue weighted by molar-refractivity contribution is 8.05. The Balaban J connectivity index is 1.98. The van der Waals surface area contributed by atoms with Gasteiger partial charge in [-0.1, -0.05) is 96.0 Å². The van der Waals surface area contributed by atoms with E-state index in [-0.39, 0.29) is 0 Å². The van der Waals surface area contributed by atoms with Crippen LogP contribution in [0.3, 0.4) is 0 Å². The second-order valence-corrected chi connectivity index (χ2v) is 16.6. The van der Waals surface area contributed by atoms with Crippen molar-refractivity contribution in [3.05, 3.63) is 121 Å². The first-order valence-electron chi connectivity index (χ1n) is 10.3. The second kappa shape index (κ2) is 10.3. The Bertz CT molecular complexity index is 903. The van der Waals surface area contributed by atoms with Crippen LogP contribution >= 0.6 is 37.7 Å². The Morgan fingerprint density at radius 1 is 0.387 bits per heavy atom. The molecule has 0 spiro atoms. The Morgan fingerprint density at radius 2 is 0.613 bits per heavy atom. The van der Waals surface area contributed by atoms with Crippen molar-refractivity contribution in [1.82, 2.24) is 0 Å². The molecule has 0 heterocycles. The quantitative estimate of drug-likeness (QED) is 0.194. The van der Waals surface area contributed by atoms with Crippen LogP contribution in [-0.2, 0) is 0 Å². The van der Waals surface area contributed by atoms with E-state index in [1.165, 1.54) is 21.2 Å². The fourth-order valence-electron chi connectivity index (χ4n) is 4.24. The molecule has 4 aromatic carbocycles. The molecular formula is C27H26Cl2P2+2. The van der Waals surface area contributed by atoms with Crippen molar-refractivity contribution in [2.45, 2.75) is 0 Å². The van der Waals surface area contributed by atoms with Crippen molar-refractivity contribution < 1.29 is 0 Å². The van der Waals surface area contributed by atoms with E-state index >= 15 is 0 Å². The highest BCUT2D eigenvalue weighted by Crippen LogP contribution is 2.72. The van der Waals surface area contributed by atoms with Crippen LogP contribution in [0.1, 0.15) is 0 Å². The number of halogens is 2. The van der Waals surface area contributed by atoms with Crippen LogP contribution < -0.4 is 21.2 Å². The predicted molar refractivity (Wildman–Crippen MR) is 144 cm³/mol.